The van der Waals surface area contributed by atoms with E-state index in [1.165, 1.54) is 0 Å². The average Bonchev–Trinajstić information content (AvgIpc) is 2.65. The van der Waals surface area contributed by atoms with Gasteiger partial charge in [0.05, 0.1) is 26.8 Å². The minimum Gasteiger partial charge on any atom is -0.496 e. The van der Waals surface area contributed by atoms with E-state index in [9.17, 15) is 8.42 Å². The summed E-state index contributed by atoms with van der Waals surface area (Å²) in [5.41, 5.74) is 1.43. The fourth-order valence-electron chi connectivity index (χ4n) is 3.45. The molecule has 0 unspecified atom stereocenters. The number of ether oxygens (including phenoxy) is 1. The summed E-state index contributed by atoms with van der Waals surface area (Å²) in [6.07, 6.45) is 0. The normalized spacial score (nSPS) is 11.9. The maximum atomic E-state index is 12.6. The third-order valence-corrected chi connectivity index (χ3v) is 7.87. The van der Waals surface area contributed by atoms with Gasteiger partial charge < -0.3 is 4.74 Å². The van der Waals surface area contributed by atoms with Crippen LogP contribution < -0.4 is 4.74 Å². The van der Waals surface area contributed by atoms with Crippen LogP contribution in [0, 0.1) is 7.14 Å². The predicted molar refractivity (Wildman–Crippen MR) is 135 cm³/mol. The Balaban J connectivity index is 2.26. The van der Waals surface area contributed by atoms with Crippen LogP contribution in [0.4, 0.5) is 0 Å². The summed E-state index contributed by atoms with van der Waals surface area (Å²) in [6, 6.07) is 19.5. The number of methoxy groups -OCH3 is 1. The molecule has 4 aromatic rings. The van der Waals surface area contributed by atoms with Crippen LogP contribution in [-0.4, -0.2) is 15.5 Å². The van der Waals surface area contributed by atoms with E-state index >= 15 is 0 Å². The Morgan fingerprint density at radius 2 is 1.32 bits per heavy atom. The molecule has 0 bridgehead atoms. The van der Waals surface area contributed by atoms with Crippen LogP contribution >= 0.6 is 60.0 Å². The lowest BCUT2D eigenvalue weighted by Crippen LogP contribution is -1.98. The first-order valence-electron chi connectivity index (χ1n) is 8.23. The molecule has 0 aliphatic carbocycles. The van der Waals surface area contributed by atoms with Gasteiger partial charge in [-0.05, 0) is 103 Å². The molecule has 4 aromatic carbocycles. The molecule has 0 saturated carbocycles. The Bertz CT molecular complexity index is 1350. The standard InChI is InChI=1S/C21H13BrI2O3S/c1-27-18-8-2-12-10-14(23)4-6-16(12)20(18)21-17-7-5-15(24)11-13(17)3-9-19(21)28(22,25)26/h2-11H,1H3. The van der Waals surface area contributed by atoms with Gasteiger partial charge in [-0.15, -0.1) is 0 Å². The Morgan fingerprint density at radius 3 is 1.86 bits per heavy atom. The second kappa shape index (κ2) is 7.73. The second-order valence-corrected chi connectivity index (χ2v) is 12.6. The summed E-state index contributed by atoms with van der Waals surface area (Å²) < 4.78 is 33.1. The molecule has 0 saturated heterocycles. The molecule has 0 fully saturated rings. The van der Waals surface area contributed by atoms with Gasteiger partial charge in [-0.1, -0.05) is 24.3 Å². The molecule has 0 radical (unpaired) electrons. The molecule has 0 aromatic heterocycles. The Labute approximate surface area is 197 Å². The zero-order chi connectivity index (χ0) is 20.1. The van der Waals surface area contributed by atoms with Crippen LogP contribution in [0.2, 0.25) is 0 Å². The zero-order valence-corrected chi connectivity index (χ0v) is 21.3. The van der Waals surface area contributed by atoms with Crippen molar-refractivity contribution in [2.45, 2.75) is 4.90 Å². The molecule has 0 aliphatic heterocycles. The van der Waals surface area contributed by atoms with Crippen LogP contribution in [-0.2, 0) is 8.27 Å². The van der Waals surface area contributed by atoms with Gasteiger partial charge in [-0.25, -0.2) is 8.42 Å². The molecule has 0 heterocycles. The number of hydrogen-bond donors (Lipinski definition) is 0. The van der Waals surface area contributed by atoms with Crippen LogP contribution in [0.25, 0.3) is 32.7 Å². The minimum atomic E-state index is -3.63. The van der Waals surface area contributed by atoms with E-state index in [0.717, 1.165) is 34.2 Å². The molecular weight excluding hydrogens is 666 g/mol. The number of hydrogen-bond acceptors (Lipinski definition) is 3. The van der Waals surface area contributed by atoms with Gasteiger partial charge in [-0.3, -0.25) is 0 Å². The predicted octanol–water partition coefficient (Wildman–Crippen LogP) is 6.96. The van der Waals surface area contributed by atoms with Crippen molar-refractivity contribution in [3.8, 4) is 16.9 Å². The fourth-order valence-corrected chi connectivity index (χ4v) is 5.98. The van der Waals surface area contributed by atoms with Gasteiger partial charge in [0.25, 0.3) is 0 Å². The molecule has 0 aliphatic rings. The number of fused-ring (bicyclic) bond motifs is 2. The molecule has 0 spiro atoms. The van der Waals surface area contributed by atoms with Crippen molar-refractivity contribution >= 4 is 89.8 Å². The minimum absolute atomic E-state index is 0.227. The average molecular weight is 679 g/mol. The molecule has 28 heavy (non-hydrogen) atoms. The molecule has 0 atom stereocenters. The lowest BCUT2D eigenvalue weighted by Gasteiger charge is -2.17. The van der Waals surface area contributed by atoms with Crippen LogP contribution in [0.15, 0.2) is 65.6 Å². The van der Waals surface area contributed by atoms with Crippen LogP contribution in [0.1, 0.15) is 0 Å². The fraction of sp³-hybridized carbons (Fsp3) is 0.0476. The van der Waals surface area contributed by atoms with Gasteiger partial charge in [0.15, 0.2) is 0 Å². The van der Waals surface area contributed by atoms with Crippen molar-refractivity contribution in [2.24, 2.45) is 0 Å². The molecule has 0 N–H and O–H groups in total. The largest absolute Gasteiger partial charge is 0.496 e. The highest BCUT2D eigenvalue weighted by atomic mass is 127. The highest BCUT2D eigenvalue weighted by Gasteiger charge is 2.23. The topological polar surface area (TPSA) is 43.4 Å². The van der Waals surface area contributed by atoms with Gasteiger partial charge in [0, 0.05) is 18.3 Å². The van der Waals surface area contributed by atoms with Crippen molar-refractivity contribution in [3.63, 3.8) is 0 Å². The zero-order valence-electron chi connectivity index (χ0n) is 14.5. The summed E-state index contributed by atoms with van der Waals surface area (Å²) in [4.78, 5) is 0.227. The first-order chi connectivity index (χ1) is 13.3. The Morgan fingerprint density at radius 1 is 0.786 bits per heavy atom. The van der Waals surface area contributed by atoms with E-state index in [0.29, 0.717) is 11.3 Å². The third-order valence-electron chi connectivity index (χ3n) is 4.62. The number of rotatable bonds is 3. The lowest BCUT2D eigenvalue weighted by atomic mass is 9.93. The van der Waals surface area contributed by atoms with E-state index in [1.54, 1.807) is 13.2 Å². The third kappa shape index (κ3) is 3.66. The molecule has 142 valence electrons. The van der Waals surface area contributed by atoms with Gasteiger partial charge in [0.1, 0.15) is 5.75 Å². The molecule has 0 amide bonds. The van der Waals surface area contributed by atoms with Gasteiger partial charge >= 0.3 is 0 Å². The van der Waals surface area contributed by atoms with Gasteiger partial charge in [0.2, 0.25) is 8.27 Å². The maximum absolute atomic E-state index is 12.6. The monoisotopic (exact) mass is 678 g/mol. The second-order valence-electron chi connectivity index (χ2n) is 6.25. The van der Waals surface area contributed by atoms with Crippen LogP contribution in [0.3, 0.4) is 0 Å². The van der Waals surface area contributed by atoms with Crippen molar-refractivity contribution < 1.29 is 13.2 Å². The Hall–Kier alpha value is -0.910. The van der Waals surface area contributed by atoms with Crippen molar-refractivity contribution in [1.29, 1.82) is 0 Å². The number of halogens is 3. The summed E-state index contributed by atoms with van der Waals surface area (Å²) >= 11 is 7.42. The first kappa shape index (κ1) is 20.4. The molecule has 3 nitrogen and oxygen atoms in total. The summed E-state index contributed by atoms with van der Waals surface area (Å²) in [6.45, 7) is 0. The summed E-state index contributed by atoms with van der Waals surface area (Å²) in [7, 11) is -2.03. The maximum Gasteiger partial charge on any atom is 0.238 e. The van der Waals surface area contributed by atoms with E-state index in [4.69, 9.17) is 4.74 Å². The molecule has 4 rings (SSSR count). The Kier molecular flexibility index (Phi) is 5.62. The highest BCUT2D eigenvalue weighted by molar-refractivity contribution is 14.1. The van der Waals surface area contributed by atoms with Crippen molar-refractivity contribution in [1.82, 2.24) is 0 Å². The van der Waals surface area contributed by atoms with E-state index in [2.05, 4.69) is 66.1 Å². The van der Waals surface area contributed by atoms with E-state index in [-0.39, 0.29) is 4.90 Å². The van der Waals surface area contributed by atoms with Crippen molar-refractivity contribution in [2.75, 3.05) is 7.11 Å². The first-order valence-corrected chi connectivity index (χ1v) is 13.7. The van der Waals surface area contributed by atoms with Crippen LogP contribution in [0.5, 0.6) is 5.75 Å². The summed E-state index contributed by atoms with van der Waals surface area (Å²) in [5.74, 6) is 0.636. The number of benzene rings is 4. The molecular formula is C21H13BrI2O3S. The lowest BCUT2D eigenvalue weighted by molar-refractivity contribution is 0.417. The quantitative estimate of drug-likeness (QED) is 0.174. The van der Waals surface area contributed by atoms with E-state index in [1.807, 2.05) is 48.5 Å². The van der Waals surface area contributed by atoms with E-state index < -0.39 is 8.27 Å². The summed E-state index contributed by atoms with van der Waals surface area (Å²) in [5, 5.41) is 3.82. The smallest absolute Gasteiger partial charge is 0.238 e. The highest BCUT2D eigenvalue weighted by Crippen LogP contribution is 2.45. The van der Waals surface area contributed by atoms with Gasteiger partial charge in [-0.2, -0.15) is 0 Å². The van der Waals surface area contributed by atoms with Crippen molar-refractivity contribution in [3.05, 3.63) is 67.8 Å². The SMILES string of the molecule is COc1ccc2cc(I)ccc2c1-c1c(S(=O)(=O)Br)ccc2cc(I)ccc12. The molecule has 7 heteroatoms.